The number of hydrogen-bond acceptors (Lipinski definition) is 4. The Kier molecular flexibility index (Phi) is 5.42. The van der Waals surface area contributed by atoms with E-state index in [1.54, 1.807) is 19.1 Å². The lowest BCUT2D eigenvalue weighted by Gasteiger charge is -2.23. The van der Waals surface area contributed by atoms with Crippen molar-refractivity contribution >= 4 is 17.7 Å². The Labute approximate surface area is 168 Å². The number of nitrogens with zero attached hydrogens (tertiary/aromatic N) is 1. The van der Waals surface area contributed by atoms with E-state index < -0.39 is 35.6 Å². The fourth-order valence-corrected chi connectivity index (χ4v) is 3.36. The normalized spacial score (nSPS) is 18.9. The van der Waals surface area contributed by atoms with Crippen LogP contribution in [-0.4, -0.2) is 36.3 Å². The molecule has 1 fully saturated rings. The number of benzene rings is 2. The Morgan fingerprint density at radius 3 is 2.41 bits per heavy atom. The summed E-state index contributed by atoms with van der Waals surface area (Å²) in [4.78, 5) is 39.0. The Hall–Kier alpha value is -3.22. The molecule has 1 saturated heterocycles. The first kappa shape index (κ1) is 20.5. The fraction of sp³-hybridized carbons (Fsp3) is 0.318. The molecule has 6 nitrogen and oxygen atoms in total. The van der Waals surface area contributed by atoms with Gasteiger partial charge in [0.05, 0.1) is 19.2 Å². The molecule has 3 amide bonds. The van der Waals surface area contributed by atoms with Gasteiger partial charge in [0.1, 0.15) is 17.1 Å². The van der Waals surface area contributed by atoms with Gasteiger partial charge in [-0.15, -0.1) is 0 Å². The number of halogens is 1. The molecule has 0 bridgehead atoms. The van der Waals surface area contributed by atoms with Gasteiger partial charge in [-0.3, -0.25) is 14.5 Å². The Morgan fingerprint density at radius 2 is 1.83 bits per heavy atom. The van der Waals surface area contributed by atoms with Gasteiger partial charge in [-0.2, -0.15) is 0 Å². The highest BCUT2D eigenvalue weighted by atomic mass is 19.1. The number of amides is 3. The quantitative estimate of drug-likeness (QED) is 0.596. The highest BCUT2D eigenvalue weighted by Gasteiger charge is 2.49. The van der Waals surface area contributed by atoms with Crippen molar-refractivity contribution in [2.45, 2.75) is 32.2 Å². The van der Waals surface area contributed by atoms with Crippen molar-refractivity contribution in [1.29, 1.82) is 0 Å². The maximum atomic E-state index is 13.6. The smallest absolute Gasteiger partial charge is 0.325 e. The molecule has 1 heterocycles. The van der Waals surface area contributed by atoms with Gasteiger partial charge in [-0.05, 0) is 42.2 Å². The Morgan fingerprint density at radius 1 is 1.17 bits per heavy atom. The third-order valence-electron chi connectivity index (χ3n) is 5.19. The summed E-state index contributed by atoms with van der Waals surface area (Å²) in [7, 11) is 1.36. The average Bonchev–Trinajstić information content (AvgIpc) is 2.92. The first-order valence-electron chi connectivity index (χ1n) is 9.28. The topological polar surface area (TPSA) is 75.7 Å². The number of carbonyl (C=O) groups excluding carboxylic acids is 3. The van der Waals surface area contributed by atoms with E-state index in [0.717, 1.165) is 16.5 Å². The summed E-state index contributed by atoms with van der Waals surface area (Å²) >= 11 is 0. The standard InChI is InChI=1S/C22H23FN2O4/c1-13(2)14-5-7-15(8-6-14)22(3)20(27)25(21(28)24-22)12-18(26)17-11-16(23)9-10-19(17)29-4/h5-11,13H,12H2,1-4H3,(H,24,28). The van der Waals surface area contributed by atoms with Crippen LogP contribution >= 0.6 is 0 Å². The molecule has 1 atom stereocenters. The number of urea groups is 1. The zero-order chi connectivity index (χ0) is 21.3. The van der Waals surface area contributed by atoms with E-state index in [0.29, 0.717) is 11.5 Å². The number of carbonyl (C=O) groups is 3. The molecule has 7 heteroatoms. The van der Waals surface area contributed by atoms with E-state index in [9.17, 15) is 18.8 Å². The molecule has 3 rings (SSSR count). The van der Waals surface area contributed by atoms with E-state index in [4.69, 9.17) is 4.74 Å². The van der Waals surface area contributed by atoms with Crippen LogP contribution in [0.15, 0.2) is 42.5 Å². The monoisotopic (exact) mass is 398 g/mol. The van der Waals surface area contributed by atoms with Crippen molar-refractivity contribution in [1.82, 2.24) is 10.2 Å². The van der Waals surface area contributed by atoms with Crippen LogP contribution in [0, 0.1) is 5.82 Å². The summed E-state index contributed by atoms with van der Waals surface area (Å²) in [6.45, 7) is 5.22. The van der Waals surface area contributed by atoms with E-state index in [-0.39, 0.29) is 11.3 Å². The van der Waals surface area contributed by atoms with E-state index >= 15 is 0 Å². The number of hydrogen-bond donors (Lipinski definition) is 1. The third-order valence-corrected chi connectivity index (χ3v) is 5.19. The predicted molar refractivity (Wildman–Crippen MR) is 105 cm³/mol. The van der Waals surface area contributed by atoms with Crippen LogP contribution in [-0.2, 0) is 10.3 Å². The van der Waals surface area contributed by atoms with Crippen LogP contribution in [0.4, 0.5) is 9.18 Å². The number of rotatable bonds is 6. The molecular formula is C22H23FN2O4. The lowest BCUT2D eigenvalue weighted by molar-refractivity contribution is -0.130. The van der Waals surface area contributed by atoms with Crippen molar-refractivity contribution in [3.05, 3.63) is 65.0 Å². The van der Waals surface area contributed by atoms with Gasteiger partial charge >= 0.3 is 6.03 Å². The van der Waals surface area contributed by atoms with Crippen molar-refractivity contribution in [2.75, 3.05) is 13.7 Å². The number of imide groups is 1. The summed E-state index contributed by atoms with van der Waals surface area (Å²) in [6.07, 6.45) is 0. The molecule has 0 spiro atoms. The van der Waals surface area contributed by atoms with Crippen LogP contribution in [0.2, 0.25) is 0 Å². The van der Waals surface area contributed by atoms with Crippen LogP contribution in [0.1, 0.15) is 48.2 Å². The fourth-order valence-electron chi connectivity index (χ4n) is 3.36. The van der Waals surface area contributed by atoms with Gasteiger partial charge in [0.15, 0.2) is 5.78 Å². The lowest BCUT2D eigenvalue weighted by Crippen LogP contribution is -2.41. The van der Waals surface area contributed by atoms with Crippen LogP contribution in [0.5, 0.6) is 5.75 Å². The van der Waals surface area contributed by atoms with Crippen LogP contribution < -0.4 is 10.1 Å². The van der Waals surface area contributed by atoms with Gasteiger partial charge in [0, 0.05) is 0 Å². The minimum Gasteiger partial charge on any atom is -0.496 e. The van der Waals surface area contributed by atoms with Crippen LogP contribution in [0.3, 0.4) is 0 Å². The average molecular weight is 398 g/mol. The highest BCUT2D eigenvalue weighted by molar-refractivity contribution is 6.11. The number of Topliss-reactive ketones (excluding diaryl/α,β-unsaturated/α-hetero) is 1. The van der Waals surface area contributed by atoms with Gasteiger partial charge in [-0.25, -0.2) is 9.18 Å². The first-order chi connectivity index (χ1) is 13.7. The minimum absolute atomic E-state index is 0.0250. The summed E-state index contributed by atoms with van der Waals surface area (Å²) in [5.74, 6) is -1.23. The van der Waals surface area contributed by atoms with Crippen LogP contribution in [0.25, 0.3) is 0 Å². The predicted octanol–water partition coefficient (Wildman–Crippen LogP) is 3.61. The second-order valence-electron chi connectivity index (χ2n) is 7.49. The van der Waals surface area contributed by atoms with E-state index in [1.807, 2.05) is 12.1 Å². The molecular weight excluding hydrogens is 375 g/mol. The van der Waals surface area contributed by atoms with Crippen molar-refractivity contribution in [3.63, 3.8) is 0 Å². The number of ketones is 1. The van der Waals surface area contributed by atoms with Gasteiger partial charge in [0.2, 0.25) is 0 Å². The molecule has 29 heavy (non-hydrogen) atoms. The van der Waals surface area contributed by atoms with Crippen molar-refractivity contribution in [2.24, 2.45) is 0 Å². The molecule has 1 aliphatic heterocycles. The molecule has 0 aliphatic carbocycles. The molecule has 2 aromatic rings. The second-order valence-corrected chi connectivity index (χ2v) is 7.49. The highest BCUT2D eigenvalue weighted by Crippen LogP contribution is 2.30. The number of methoxy groups -OCH3 is 1. The summed E-state index contributed by atoms with van der Waals surface area (Å²) in [5, 5.41) is 2.67. The summed E-state index contributed by atoms with van der Waals surface area (Å²) in [6, 6.07) is 10.3. The molecule has 1 N–H and O–H groups in total. The zero-order valence-corrected chi connectivity index (χ0v) is 16.8. The summed E-state index contributed by atoms with van der Waals surface area (Å²) < 4.78 is 18.7. The maximum absolute atomic E-state index is 13.6. The maximum Gasteiger partial charge on any atom is 0.325 e. The number of ether oxygens (including phenoxy) is 1. The summed E-state index contributed by atoms with van der Waals surface area (Å²) in [5.41, 5.74) is 0.430. The molecule has 1 aliphatic rings. The molecule has 1 unspecified atom stereocenters. The second kappa shape index (κ2) is 7.66. The molecule has 152 valence electrons. The van der Waals surface area contributed by atoms with Gasteiger partial charge < -0.3 is 10.1 Å². The van der Waals surface area contributed by atoms with Crippen molar-refractivity contribution < 1.29 is 23.5 Å². The number of nitrogens with one attached hydrogen (secondary N) is 1. The Bertz CT molecular complexity index is 971. The molecule has 2 aromatic carbocycles. The lowest BCUT2D eigenvalue weighted by atomic mass is 9.90. The molecule has 0 saturated carbocycles. The molecule has 0 radical (unpaired) electrons. The van der Waals surface area contributed by atoms with E-state index in [1.165, 1.54) is 19.2 Å². The largest absolute Gasteiger partial charge is 0.496 e. The third kappa shape index (κ3) is 3.72. The Balaban J connectivity index is 1.85. The first-order valence-corrected chi connectivity index (χ1v) is 9.28. The van der Waals surface area contributed by atoms with E-state index in [2.05, 4.69) is 19.2 Å². The van der Waals surface area contributed by atoms with Gasteiger partial charge in [-0.1, -0.05) is 38.1 Å². The SMILES string of the molecule is COc1ccc(F)cc1C(=O)CN1C(=O)NC(C)(c2ccc(C(C)C)cc2)C1=O. The van der Waals surface area contributed by atoms with Gasteiger partial charge in [0.25, 0.3) is 5.91 Å². The minimum atomic E-state index is -1.28. The molecule has 0 aromatic heterocycles. The van der Waals surface area contributed by atoms with Crippen molar-refractivity contribution in [3.8, 4) is 5.75 Å². The zero-order valence-electron chi connectivity index (χ0n) is 16.8.